The first-order chi connectivity index (χ1) is 17.6. The molecule has 2 aliphatic heterocycles. The highest BCUT2D eigenvalue weighted by Crippen LogP contribution is 2.26. The van der Waals surface area contributed by atoms with E-state index in [0.29, 0.717) is 23.8 Å². The van der Waals surface area contributed by atoms with E-state index in [9.17, 15) is 4.79 Å². The summed E-state index contributed by atoms with van der Waals surface area (Å²) < 4.78 is 13.1. The minimum Gasteiger partial charge on any atom is -0.490 e. The Balaban J connectivity index is 1.18. The number of hydrogen-bond donors (Lipinski definition) is 1. The molecule has 0 amide bonds. The van der Waals surface area contributed by atoms with Crippen LogP contribution in [0.3, 0.4) is 0 Å². The summed E-state index contributed by atoms with van der Waals surface area (Å²) in [6.45, 7) is 6.37. The molecular weight excluding hydrogens is 476 g/mol. The number of aryl methyl sites for hydroxylation is 1. The normalized spacial score (nSPS) is 18.7. The van der Waals surface area contributed by atoms with Gasteiger partial charge in [-0.2, -0.15) is 9.78 Å². The van der Waals surface area contributed by atoms with Gasteiger partial charge in [-0.05, 0) is 61.6 Å². The second-order valence-corrected chi connectivity index (χ2v) is 10.0. The topological polar surface area (TPSA) is 68.6 Å². The highest BCUT2D eigenvalue weighted by Gasteiger charge is 2.22. The molecule has 0 aliphatic carbocycles. The van der Waals surface area contributed by atoms with Gasteiger partial charge in [-0.3, -0.25) is 4.79 Å². The van der Waals surface area contributed by atoms with Gasteiger partial charge in [0.05, 0.1) is 24.2 Å². The molecular formula is C28H33ClN4O3. The van der Waals surface area contributed by atoms with Gasteiger partial charge in [0, 0.05) is 44.8 Å². The Morgan fingerprint density at radius 2 is 1.89 bits per heavy atom. The molecule has 3 aromatic rings. The molecule has 190 valence electrons. The number of halogens is 1. The minimum atomic E-state index is -0.348. The fraction of sp³-hybridized carbons (Fsp3) is 0.429. The van der Waals surface area contributed by atoms with Crippen molar-refractivity contribution >= 4 is 23.0 Å². The van der Waals surface area contributed by atoms with E-state index in [2.05, 4.69) is 46.5 Å². The standard InChI is InChI=1S/C28H33ClN4O3/c1-20-5-2-3-7-26(20)32-14-12-24(13-15-32)36-23-10-8-22(9-11-23)33-28(34)27(29)25(18-31-33)30-17-21-6-4-16-35-19-21/h2-3,5,7-11,18,21,24,30H,4,6,12-17,19H2,1H3/t21-/m1/s1. The van der Waals surface area contributed by atoms with E-state index in [1.165, 1.54) is 15.9 Å². The number of para-hydroxylation sites is 1. The van der Waals surface area contributed by atoms with E-state index < -0.39 is 0 Å². The molecule has 0 radical (unpaired) electrons. The van der Waals surface area contributed by atoms with Crippen LogP contribution in [0, 0.1) is 12.8 Å². The summed E-state index contributed by atoms with van der Waals surface area (Å²) in [5, 5.41) is 7.75. The number of rotatable bonds is 7. The molecule has 7 nitrogen and oxygen atoms in total. The number of anilines is 2. The summed E-state index contributed by atoms with van der Waals surface area (Å²) in [6.07, 6.45) is 5.88. The van der Waals surface area contributed by atoms with E-state index >= 15 is 0 Å². The van der Waals surface area contributed by atoms with Crippen molar-refractivity contribution in [3.05, 3.63) is 75.7 Å². The predicted octanol–water partition coefficient (Wildman–Crippen LogP) is 5.08. The molecule has 0 spiro atoms. The van der Waals surface area contributed by atoms with Crippen LogP contribution in [0.5, 0.6) is 5.75 Å². The van der Waals surface area contributed by atoms with Crippen LogP contribution in [0.15, 0.2) is 59.5 Å². The molecule has 0 saturated carbocycles. The van der Waals surface area contributed by atoms with Gasteiger partial charge >= 0.3 is 0 Å². The van der Waals surface area contributed by atoms with Gasteiger partial charge in [-0.15, -0.1) is 0 Å². The summed E-state index contributed by atoms with van der Waals surface area (Å²) in [4.78, 5) is 15.3. The summed E-state index contributed by atoms with van der Waals surface area (Å²) in [5.74, 6) is 1.21. The van der Waals surface area contributed by atoms with Gasteiger partial charge in [0.1, 0.15) is 16.9 Å². The van der Waals surface area contributed by atoms with Crippen LogP contribution in [0.1, 0.15) is 31.2 Å². The third-order valence-electron chi connectivity index (χ3n) is 7.04. The number of hydrogen-bond acceptors (Lipinski definition) is 6. The molecule has 2 aromatic carbocycles. The van der Waals surface area contributed by atoms with Crippen molar-refractivity contribution in [1.29, 1.82) is 0 Å². The maximum absolute atomic E-state index is 12.9. The van der Waals surface area contributed by atoms with Crippen LogP contribution in [0.4, 0.5) is 11.4 Å². The fourth-order valence-electron chi connectivity index (χ4n) is 4.95. The SMILES string of the molecule is Cc1ccccc1N1CCC(Oc2ccc(-n3ncc(NC[C@H]4CCCOC4)c(Cl)c3=O)cc2)CC1. The molecule has 0 unspecified atom stereocenters. The van der Waals surface area contributed by atoms with Crippen molar-refractivity contribution in [2.45, 2.75) is 38.7 Å². The van der Waals surface area contributed by atoms with Crippen LogP contribution in [-0.2, 0) is 4.74 Å². The Hall–Kier alpha value is -3.03. The average Bonchev–Trinajstić information content (AvgIpc) is 2.92. The molecule has 8 heteroatoms. The highest BCUT2D eigenvalue weighted by atomic mass is 35.5. The first-order valence-corrected chi connectivity index (χ1v) is 13.1. The van der Waals surface area contributed by atoms with Gasteiger partial charge in [-0.25, -0.2) is 0 Å². The lowest BCUT2D eigenvalue weighted by molar-refractivity contribution is 0.0595. The maximum Gasteiger partial charge on any atom is 0.292 e. The first kappa shape index (κ1) is 24.7. The Morgan fingerprint density at radius 1 is 1.11 bits per heavy atom. The van der Waals surface area contributed by atoms with Crippen LogP contribution >= 0.6 is 11.6 Å². The Kier molecular flexibility index (Phi) is 7.78. The maximum atomic E-state index is 12.9. The zero-order valence-electron chi connectivity index (χ0n) is 20.7. The number of benzene rings is 2. The summed E-state index contributed by atoms with van der Waals surface area (Å²) in [6, 6.07) is 16.0. The Morgan fingerprint density at radius 3 is 2.61 bits per heavy atom. The van der Waals surface area contributed by atoms with Crippen molar-refractivity contribution in [3.8, 4) is 11.4 Å². The van der Waals surface area contributed by atoms with E-state index in [1.807, 2.05) is 24.3 Å². The van der Waals surface area contributed by atoms with E-state index in [-0.39, 0.29) is 16.7 Å². The zero-order valence-corrected chi connectivity index (χ0v) is 21.4. The Labute approximate surface area is 217 Å². The van der Waals surface area contributed by atoms with Crippen LogP contribution in [-0.4, -0.2) is 48.7 Å². The van der Waals surface area contributed by atoms with Crippen LogP contribution < -0.4 is 20.5 Å². The number of ether oxygens (including phenoxy) is 2. The minimum absolute atomic E-state index is 0.141. The molecule has 2 saturated heterocycles. The molecule has 0 bridgehead atoms. The predicted molar refractivity (Wildman–Crippen MR) is 144 cm³/mol. The van der Waals surface area contributed by atoms with Crippen molar-refractivity contribution < 1.29 is 9.47 Å². The third-order valence-corrected chi connectivity index (χ3v) is 7.40. The Bertz CT molecular complexity index is 1220. The van der Waals surface area contributed by atoms with E-state index in [0.717, 1.165) is 57.7 Å². The lowest BCUT2D eigenvalue weighted by Crippen LogP contribution is -2.38. The lowest BCUT2D eigenvalue weighted by atomic mass is 10.0. The molecule has 1 atom stereocenters. The van der Waals surface area contributed by atoms with Crippen molar-refractivity contribution in [1.82, 2.24) is 9.78 Å². The van der Waals surface area contributed by atoms with E-state index in [4.69, 9.17) is 21.1 Å². The monoisotopic (exact) mass is 508 g/mol. The molecule has 5 rings (SSSR count). The number of aromatic nitrogens is 2. The van der Waals surface area contributed by atoms with Gasteiger partial charge in [0.25, 0.3) is 5.56 Å². The van der Waals surface area contributed by atoms with Crippen molar-refractivity contribution in [2.75, 3.05) is 43.1 Å². The molecule has 2 aliphatic rings. The van der Waals surface area contributed by atoms with Gasteiger partial charge in [-0.1, -0.05) is 29.8 Å². The van der Waals surface area contributed by atoms with Gasteiger partial charge in [0.2, 0.25) is 0 Å². The summed E-state index contributed by atoms with van der Waals surface area (Å²) in [5.41, 5.74) is 3.47. The highest BCUT2D eigenvalue weighted by molar-refractivity contribution is 6.32. The molecule has 1 aromatic heterocycles. The molecule has 36 heavy (non-hydrogen) atoms. The smallest absolute Gasteiger partial charge is 0.292 e. The van der Waals surface area contributed by atoms with Gasteiger partial charge in [0.15, 0.2) is 0 Å². The first-order valence-electron chi connectivity index (χ1n) is 12.8. The van der Waals surface area contributed by atoms with Crippen LogP contribution in [0.2, 0.25) is 5.02 Å². The molecule has 2 fully saturated rings. The average molecular weight is 509 g/mol. The lowest BCUT2D eigenvalue weighted by Gasteiger charge is -2.34. The van der Waals surface area contributed by atoms with Crippen molar-refractivity contribution in [2.24, 2.45) is 5.92 Å². The molecule has 1 N–H and O–H groups in total. The van der Waals surface area contributed by atoms with Crippen LogP contribution in [0.25, 0.3) is 5.69 Å². The third kappa shape index (κ3) is 5.68. The van der Waals surface area contributed by atoms with Gasteiger partial charge < -0.3 is 19.7 Å². The number of nitrogens with one attached hydrogen (secondary N) is 1. The second-order valence-electron chi connectivity index (χ2n) is 9.64. The summed E-state index contributed by atoms with van der Waals surface area (Å²) >= 11 is 6.40. The number of piperidine rings is 1. The quantitative estimate of drug-likeness (QED) is 0.480. The fourth-order valence-corrected chi connectivity index (χ4v) is 5.15. The van der Waals surface area contributed by atoms with Crippen molar-refractivity contribution in [3.63, 3.8) is 0 Å². The number of nitrogens with zero attached hydrogens (tertiary/aromatic N) is 3. The summed E-state index contributed by atoms with van der Waals surface area (Å²) in [7, 11) is 0. The van der Waals surface area contributed by atoms with E-state index in [1.54, 1.807) is 6.20 Å². The second kappa shape index (κ2) is 11.4. The zero-order chi connectivity index (χ0) is 24.9. The largest absolute Gasteiger partial charge is 0.490 e. The molecule has 3 heterocycles.